The Bertz CT molecular complexity index is 31.1. The Morgan fingerprint density at radius 2 is 1.60 bits per heavy atom. The molecule has 0 amide bonds. The third kappa shape index (κ3) is 68.7. The first kappa shape index (κ1) is 17.2. The molecule has 5 heavy (non-hydrogen) atoms. The first-order chi connectivity index (χ1) is 1.41. The Balaban J connectivity index is -0.0000000200. The first-order valence-electron chi connectivity index (χ1n) is 0.724. The van der Waals surface area contributed by atoms with Crippen molar-refractivity contribution in [3.05, 3.63) is 0 Å². The summed E-state index contributed by atoms with van der Waals surface area (Å²) in [5, 5.41) is 7.32. The van der Waals surface area contributed by atoms with Gasteiger partial charge in [-0.15, -0.1) is 0 Å². The number of rotatable bonds is 0. The fourth-order valence-corrected chi connectivity index (χ4v) is 0. The van der Waals surface area contributed by atoms with Crippen LogP contribution in [0.5, 0.6) is 0 Å². The molecule has 0 saturated heterocycles. The number of nitriles is 1. The number of hydrogen-bond acceptors (Lipinski definition) is 1. The molecule has 0 aliphatic rings. The van der Waals surface area contributed by atoms with Gasteiger partial charge in [0, 0.05) is 6.92 Å². The van der Waals surface area contributed by atoms with Gasteiger partial charge in [-0.1, -0.05) is 0 Å². The van der Waals surface area contributed by atoms with Crippen molar-refractivity contribution in [2.75, 3.05) is 0 Å². The maximum atomic E-state index is 7.32. The fraction of sp³-hybridized carbons (Fsp3) is 0.500. The van der Waals surface area contributed by atoms with Crippen molar-refractivity contribution in [1.29, 1.82) is 5.26 Å². The zero-order valence-corrected chi connectivity index (χ0v) is 2.45. The van der Waals surface area contributed by atoms with Crippen molar-refractivity contribution in [2.24, 2.45) is 0 Å². The molecule has 0 radical (unpaired) electrons. The molecule has 0 unspecified atom stereocenters. The van der Waals surface area contributed by atoms with Gasteiger partial charge >= 0.3 is 37.7 Å². The molecule has 0 heterocycles. The Morgan fingerprint density at radius 1 is 1.60 bits per heavy atom. The van der Waals surface area contributed by atoms with Crippen LogP contribution in [0.15, 0.2) is 0 Å². The van der Waals surface area contributed by atoms with E-state index in [0.29, 0.717) is 0 Å². The van der Waals surface area contributed by atoms with Gasteiger partial charge in [0.1, 0.15) is 0 Å². The summed E-state index contributed by atoms with van der Waals surface area (Å²) in [4.78, 5) is 0. The Hall–Kier alpha value is 0.710. The fourth-order valence-electron chi connectivity index (χ4n) is 0. The normalized spacial score (nSPS) is 1.60. The van der Waals surface area contributed by atoms with Crippen LogP contribution in [0.25, 0.3) is 0 Å². The molecule has 2 N–H and O–H groups in total. The molecule has 0 bridgehead atoms. The van der Waals surface area contributed by atoms with Crippen molar-refractivity contribution in [2.45, 2.75) is 6.92 Å². The van der Waals surface area contributed by atoms with E-state index < -0.39 is 0 Å². The molecule has 0 aromatic rings. The van der Waals surface area contributed by atoms with Crippen molar-refractivity contribution in [1.82, 2.24) is 0 Å². The summed E-state index contributed by atoms with van der Waals surface area (Å²) in [6.45, 7) is 1.43. The molecule has 0 aliphatic heterocycles. The van der Waals surface area contributed by atoms with Crippen molar-refractivity contribution in [3.8, 4) is 6.07 Å². The zero-order valence-electron chi connectivity index (χ0n) is 2.45. The molecule has 28 valence electrons. The van der Waals surface area contributed by atoms with E-state index in [1.807, 2.05) is 0 Å². The van der Waals surface area contributed by atoms with E-state index in [0.717, 1.165) is 0 Å². The average molecular weight is 101 g/mol. The maximum absolute atomic E-state index is 7.32. The van der Waals surface area contributed by atoms with Gasteiger partial charge in [-0.05, 0) is 0 Å². The van der Waals surface area contributed by atoms with Crippen molar-refractivity contribution in [3.63, 3.8) is 0 Å². The van der Waals surface area contributed by atoms with Gasteiger partial charge in [0.25, 0.3) is 0 Å². The Morgan fingerprint density at radius 3 is 1.60 bits per heavy atom. The van der Waals surface area contributed by atoms with Crippen LogP contribution in [0.4, 0.5) is 0 Å². The Labute approximate surface area is 61.1 Å². The predicted molar refractivity (Wildman–Crippen MR) is 23.4 cm³/mol. The summed E-state index contributed by atoms with van der Waals surface area (Å²) in [6, 6.07) is 1.75. The topological polar surface area (TPSA) is 55.3 Å². The summed E-state index contributed by atoms with van der Waals surface area (Å²) in [7, 11) is 0. The second-order valence-electron chi connectivity index (χ2n) is 0.224. The summed E-state index contributed by atoms with van der Waals surface area (Å²) in [5.74, 6) is 0. The monoisotopic (exact) mass is 101 g/mol. The van der Waals surface area contributed by atoms with Crippen LogP contribution in [0.1, 0.15) is 6.92 Å². The third-order valence-corrected chi connectivity index (χ3v) is 0. The molecule has 0 aromatic heterocycles. The van der Waals surface area contributed by atoms with Crippen LogP contribution in [-0.4, -0.2) is 43.2 Å². The molecular weight excluding hydrogens is 94.1 g/mol. The number of hydrogen-bond donors (Lipinski definition) is 0. The van der Waals surface area contributed by atoms with E-state index in [1.54, 1.807) is 6.07 Å². The van der Waals surface area contributed by atoms with Crippen LogP contribution in [0, 0.1) is 11.3 Å². The standard InChI is InChI=1S/C2H3N.Ca.H2O.2H/c1-2-3;;;;/h1H3;;1H2;;. The second-order valence-corrected chi connectivity index (χ2v) is 0.224. The molecule has 0 spiro atoms. The van der Waals surface area contributed by atoms with Crippen molar-refractivity contribution >= 4 is 37.7 Å². The minimum atomic E-state index is 0. The molecule has 0 fully saturated rings. The molecule has 0 aromatic carbocycles. The van der Waals surface area contributed by atoms with Gasteiger partial charge in [0.2, 0.25) is 0 Å². The molecule has 3 heteroatoms. The van der Waals surface area contributed by atoms with Crippen molar-refractivity contribution < 1.29 is 5.48 Å². The number of nitrogens with zero attached hydrogens (tertiary/aromatic N) is 1. The molecule has 2 nitrogen and oxygen atoms in total. The van der Waals surface area contributed by atoms with E-state index >= 15 is 0 Å². The average Bonchev–Trinajstić information content (AvgIpc) is 0.918. The molecular formula is C2H7CaNO. The van der Waals surface area contributed by atoms with Crippen LogP contribution >= 0.6 is 0 Å². The Kier molecular flexibility index (Phi) is 76.5. The van der Waals surface area contributed by atoms with E-state index in [1.165, 1.54) is 6.92 Å². The van der Waals surface area contributed by atoms with Gasteiger partial charge < -0.3 is 5.48 Å². The molecule has 0 atom stereocenters. The predicted octanol–water partition coefficient (Wildman–Crippen LogP) is -1.21. The second kappa shape index (κ2) is 22.2. The van der Waals surface area contributed by atoms with Crippen LogP contribution < -0.4 is 0 Å². The van der Waals surface area contributed by atoms with E-state index in [2.05, 4.69) is 0 Å². The van der Waals surface area contributed by atoms with E-state index in [9.17, 15) is 0 Å². The van der Waals surface area contributed by atoms with Gasteiger partial charge in [-0.2, -0.15) is 5.26 Å². The van der Waals surface area contributed by atoms with Gasteiger partial charge in [-0.25, -0.2) is 0 Å². The summed E-state index contributed by atoms with van der Waals surface area (Å²) in [5.41, 5.74) is 0. The minimum absolute atomic E-state index is 0. The molecule has 0 aliphatic carbocycles. The molecule has 0 saturated carbocycles. The van der Waals surface area contributed by atoms with Gasteiger partial charge in [0.15, 0.2) is 0 Å². The van der Waals surface area contributed by atoms with Crippen LogP contribution in [-0.2, 0) is 0 Å². The summed E-state index contributed by atoms with van der Waals surface area (Å²) >= 11 is 0. The summed E-state index contributed by atoms with van der Waals surface area (Å²) < 4.78 is 0. The third-order valence-electron chi connectivity index (χ3n) is 0. The van der Waals surface area contributed by atoms with Crippen LogP contribution in [0.3, 0.4) is 0 Å². The van der Waals surface area contributed by atoms with Gasteiger partial charge in [0.05, 0.1) is 6.07 Å². The zero-order chi connectivity index (χ0) is 2.71. The first-order valence-corrected chi connectivity index (χ1v) is 0.724. The van der Waals surface area contributed by atoms with Crippen LogP contribution in [0.2, 0.25) is 0 Å². The summed E-state index contributed by atoms with van der Waals surface area (Å²) in [6.07, 6.45) is 0. The van der Waals surface area contributed by atoms with E-state index in [-0.39, 0.29) is 43.2 Å². The quantitative estimate of drug-likeness (QED) is 0.353. The molecule has 0 rings (SSSR count). The SMILES string of the molecule is CC#N.O.[CaH2]. The van der Waals surface area contributed by atoms with E-state index in [4.69, 9.17) is 5.26 Å². The van der Waals surface area contributed by atoms with Gasteiger partial charge in [-0.3, -0.25) is 0 Å².